The summed E-state index contributed by atoms with van der Waals surface area (Å²) in [4.78, 5) is 14.5. The molecule has 0 radical (unpaired) electrons. The molecular weight excluding hydrogens is 329 g/mol. The van der Waals surface area contributed by atoms with Crippen LogP contribution in [0.4, 0.5) is 10.1 Å². The average molecular weight is 343 g/mol. The van der Waals surface area contributed by atoms with Gasteiger partial charge < -0.3 is 10.5 Å². The Morgan fingerprint density at radius 1 is 1.28 bits per heavy atom. The summed E-state index contributed by atoms with van der Waals surface area (Å²) >= 11 is 0. The van der Waals surface area contributed by atoms with Gasteiger partial charge in [-0.05, 0) is 23.8 Å². The molecule has 128 valence electrons. The number of rotatable bonds is 6. The molecule has 8 nitrogen and oxygen atoms in total. The normalized spacial score (nSPS) is 11.9. The van der Waals surface area contributed by atoms with Crippen LogP contribution in [0.5, 0.6) is 5.75 Å². The van der Waals surface area contributed by atoms with Gasteiger partial charge in [-0.25, -0.2) is 9.37 Å². The molecule has 1 heterocycles. The fraction of sp³-hybridized carbons (Fsp3) is 0.125. The predicted octanol–water partition coefficient (Wildman–Crippen LogP) is 2.48. The van der Waals surface area contributed by atoms with Crippen molar-refractivity contribution in [1.29, 1.82) is 0 Å². The molecule has 1 aromatic heterocycles. The van der Waals surface area contributed by atoms with Crippen molar-refractivity contribution < 1.29 is 14.1 Å². The van der Waals surface area contributed by atoms with Crippen LogP contribution in [0.3, 0.4) is 0 Å². The predicted molar refractivity (Wildman–Crippen MR) is 86.2 cm³/mol. The van der Waals surface area contributed by atoms with Crippen LogP contribution in [-0.2, 0) is 6.61 Å². The highest BCUT2D eigenvalue weighted by Crippen LogP contribution is 2.20. The maximum atomic E-state index is 13.0. The van der Waals surface area contributed by atoms with Gasteiger partial charge in [-0.15, -0.1) is 0 Å². The summed E-state index contributed by atoms with van der Waals surface area (Å²) in [5, 5.41) is 17.5. The second kappa shape index (κ2) is 7.05. The van der Waals surface area contributed by atoms with E-state index in [1.807, 2.05) is 0 Å². The second-order valence-electron chi connectivity index (χ2n) is 5.21. The molecule has 25 heavy (non-hydrogen) atoms. The van der Waals surface area contributed by atoms with Crippen molar-refractivity contribution in [2.45, 2.75) is 12.6 Å². The van der Waals surface area contributed by atoms with Crippen molar-refractivity contribution in [1.82, 2.24) is 15.2 Å². The Morgan fingerprint density at radius 3 is 2.76 bits per heavy atom. The van der Waals surface area contributed by atoms with Crippen LogP contribution in [-0.4, -0.2) is 20.1 Å². The second-order valence-corrected chi connectivity index (χ2v) is 5.21. The number of nitrogens with one attached hydrogen (secondary N) is 1. The zero-order valence-corrected chi connectivity index (χ0v) is 12.9. The highest BCUT2D eigenvalue weighted by molar-refractivity contribution is 5.38. The van der Waals surface area contributed by atoms with Crippen LogP contribution in [0.15, 0.2) is 48.5 Å². The van der Waals surface area contributed by atoms with Crippen molar-refractivity contribution in [2.75, 3.05) is 0 Å². The van der Waals surface area contributed by atoms with E-state index in [0.717, 1.165) is 0 Å². The molecule has 1 atom stereocenters. The minimum Gasteiger partial charge on any atom is -0.485 e. The molecule has 0 unspecified atom stereocenters. The van der Waals surface area contributed by atoms with Gasteiger partial charge in [0.05, 0.1) is 17.0 Å². The number of nitrogens with two attached hydrogens (primary N) is 1. The third kappa shape index (κ3) is 3.96. The van der Waals surface area contributed by atoms with Gasteiger partial charge in [0.2, 0.25) is 0 Å². The van der Waals surface area contributed by atoms with Crippen molar-refractivity contribution in [3.63, 3.8) is 0 Å². The smallest absolute Gasteiger partial charge is 0.273 e. The quantitative estimate of drug-likeness (QED) is 0.524. The first-order valence-electron chi connectivity index (χ1n) is 7.32. The minimum atomic E-state index is -0.608. The van der Waals surface area contributed by atoms with Gasteiger partial charge in [0.15, 0.2) is 11.6 Å². The Bertz CT molecular complexity index is 881. The van der Waals surface area contributed by atoms with Crippen LogP contribution >= 0.6 is 0 Å². The third-order valence-corrected chi connectivity index (χ3v) is 3.46. The lowest BCUT2D eigenvalue weighted by Crippen LogP contribution is -2.13. The van der Waals surface area contributed by atoms with Gasteiger partial charge in [0.1, 0.15) is 18.2 Å². The summed E-state index contributed by atoms with van der Waals surface area (Å²) in [6.45, 7) is 0.0459. The van der Waals surface area contributed by atoms with Gasteiger partial charge in [0, 0.05) is 6.07 Å². The molecule has 0 bridgehead atoms. The summed E-state index contributed by atoms with van der Waals surface area (Å²) in [5.41, 5.74) is 6.67. The van der Waals surface area contributed by atoms with E-state index >= 15 is 0 Å². The number of hydrogen-bond acceptors (Lipinski definition) is 6. The van der Waals surface area contributed by atoms with Crippen LogP contribution in [0.1, 0.15) is 23.3 Å². The molecule has 2 aromatic carbocycles. The Kier molecular flexibility index (Phi) is 4.66. The number of nitrogens with zero attached hydrogens (tertiary/aromatic N) is 3. The van der Waals surface area contributed by atoms with E-state index in [1.54, 1.807) is 18.2 Å². The summed E-state index contributed by atoms with van der Waals surface area (Å²) in [6.07, 6.45) is 0. The largest absolute Gasteiger partial charge is 0.485 e. The lowest BCUT2D eigenvalue weighted by Gasteiger charge is -2.07. The van der Waals surface area contributed by atoms with E-state index in [-0.39, 0.29) is 18.1 Å². The summed E-state index contributed by atoms with van der Waals surface area (Å²) in [5.74, 6) is 0.746. The van der Waals surface area contributed by atoms with Crippen LogP contribution < -0.4 is 10.5 Å². The van der Waals surface area contributed by atoms with Gasteiger partial charge in [0.25, 0.3) is 5.69 Å². The van der Waals surface area contributed by atoms with E-state index in [2.05, 4.69) is 15.2 Å². The minimum absolute atomic E-state index is 0.0459. The molecule has 0 aliphatic heterocycles. The molecular formula is C16H14FN5O3. The maximum absolute atomic E-state index is 13.0. The zero-order chi connectivity index (χ0) is 17.8. The van der Waals surface area contributed by atoms with Crippen LogP contribution in [0.25, 0.3) is 0 Å². The standard InChI is InChI=1S/C16H14FN5O3/c17-11-6-4-10(5-7-11)15(18)16-19-14(20-21-16)9-25-13-3-1-2-12(8-13)22(23)24/h1-8,15H,9,18H2,(H,19,20,21)/t15-/m1/s1. The Balaban J connectivity index is 1.66. The number of hydrogen-bond donors (Lipinski definition) is 2. The number of nitro benzene ring substituents is 1. The van der Waals surface area contributed by atoms with Crippen molar-refractivity contribution in [2.24, 2.45) is 5.73 Å². The average Bonchev–Trinajstić information content (AvgIpc) is 3.09. The lowest BCUT2D eigenvalue weighted by molar-refractivity contribution is -0.384. The number of aromatic amines is 1. The molecule has 0 fully saturated rings. The first kappa shape index (κ1) is 16.5. The fourth-order valence-corrected chi connectivity index (χ4v) is 2.17. The molecule has 3 aromatic rings. The van der Waals surface area contributed by atoms with Crippen molar-refractivity contribution in [3.8, 4) is 5.75 Å². The molecule has 3 rings (SSSR count). The van der Waals surface area contributed by atoms with Gasteiger partial charge >= 0.3 is 0 Å². The SMILES string of the molecule is N[C@H](c1ccc(F)cc1)c1n[nH]c(COc2cccc([N+](=O)[O-])c2)n1. The number of benzene rings is 2. The highest BCUT2D eigenvalue weighted by Gasteiger charge is 2.15. The molecule has 9 heteroatoms. The third-order valence-electron chi connectivity index (χ3n) is 3.46. The lowest BCUT2D eigenvalue weighted by atomic mass is 10.1. The maximum Gasteiger partial charge on any atom is 0.273 e. The molecule has 0 saturated heterocycles. The van der Waals surface area contributed by atoms with E-state index in [0.29, 0.717) is 23.0 Å². The summed E-state index contributed by atoms with van der Waals surface area (Å²) < 4.78 is 18.4. The molecule has 0 aliphatic carbocycles. The molecule has 0 aliphatic rings. The van der Waals surface area contributed by atoms with E-state index in [1.165, 1.54) is 30.3 Å². The van der Waals surface area contributed by atoms with E-state index < -0.39 is 11.0 Å². The van der Waals surface area contributed by atoms with E-state index in [4.69, 9.17) is 10.5 Å². The highest BCUT2D eigenvalue weighted by atomic mass is 19.1. The first-order chi connectivity index (χ1) is 12.0. The molecule has 0 saturated carbocycles. The summed E-state index contributed by atoms with van der Waals surface area (Å²) in [7, 11) is 0. The Labute approximate surface area is 141 Å². The fourth-order valence-electron chi connectivity index (χ4n) is 2.17. The summed E-state index contributed by atoms with van der Waals surface area (Å²) in [6, 6.07) is 11.0. The van der Waals surface area contributed by atoms with Gasteiger partial charge in [-0.3, -0.25) is 15.2 Å². The molecule has 3 N–H and O–H groups in total. The van der Waals surface area contributed by atoms with Gasteiger partial charge in [-0.1, -0.05) is 18.2 Å². The monoisotopic (exact) mass is 343 g/mol. The number of halogens is 1. The number of ether oxygens (including phenoxy) is 1. The Hall–Kier alpha value is -3.33. The van der Waals surface area contributed by atoms with Crippen LogP contribution in [0, 0.1) is 15.9 Å². The van der Waals surface area contributed by atoms with Crippen LogP contribution in [0.2, 0.25) is 0 Å². The zero-order valence-electron chi connectivity index (χ0n) is 12.9. The topological polar surface area (TPSA) is 120 Å². The van der Waals surface area contributed by atoms with Crippen molar-refractivity contribution >= 4 is 5.69 Å². The molecule has 0 amide bonds. The number of aromatic nitrogens is 3. The van der Waals surface area contributed by atoms with Crippen molar-refractivity contribution in [3.05, 3.63) is 81.7 Å². The Morgan fingerprint density at radius 2 is 2.04 bits per heavy atom. The first-order valence-corrected chi connectivity index (χ1v) is 7.32. The van der Waals surface area contributed by atoms with Gasteiger partial charge in [-0.2, -0.15) is 5.10 Å². The molecule has 0 spiro atoms. The number of non-ortho nitro benzene ring substituents is 1. The number of nitro groups is 1. The van der Waals surface area contributed by atoms with E-state index in [9.17, 15) is 14.5 Å². The number of H-pyrrole nitrogens is 1.